The molecular weight excluding hydrogens is 244 g/mol. The SMILES string of the molecule is CC1CC1(C)N1C(=O)CCc2cc([N+](=O)[O-])ccc21. The van der Waals surface area contributed by atoms with Crippen molar-refractivity contribution < 1.29 is 9.72 Å². The highest BCUT2D eigenvalue weighted by Gasteiger charge is 2.54. The fourth-order valence-corrected chi connectivity index (χ4v) is 3.02. The highest BCUT2D eigenvalue weighted by atomic mass is 16.6. The van der Waals surface area contributed by atoms with Crippen molar-refractivity contribution in [2.24, 2.45) is 5.92 Å². The van der Waals surface area contributed by atoms with Gasteiger partial charge in [0.25, 0.3) is 5.69 Å². The van der Waals surface area contributed by atoms with Gasteiger partial charge in [-0.15, -0.1) is 0 Å². The third-order valence-electron chi connectivity index (χ3n) is 4.50. The van der Waals surface area contributed by atoms with Gasteiger partial charge in [0.2, 0.25) is 5.91 Å². The molecule has 5 heteroatoms. The van der Waals surface area contributed by atoms with Gasteiger partial charge in [0.15, 0.2) is 0 Å². The number of non-ortho nitro benzene ring substituents is 1. The molecule has 100 valence electrons. The van der Waals surface area contributed by atoms with E-state index < -0.39 is 0 Å². The Kier molecular flexibility index (Phi) is 2.42. The van der Waals surface area contributed by atoms with Crippen LogP contribution in [0.5, 0.6) is 0 Å². The van der Waals surface area contributed by atoms with Gasteiger partial charge in [0.05, 0.1) is 4.92 Å². The monoisotopic (exact) mass is 260 g/mol. The predicted molar refractivity (Wildman–Crippen MR) is 71.1 cm³/mol. The number of rotatable bonds is 2. The van der Waals surface area contributed by atoms with Crippen LogP contribution in [0.3, 0.4) is 0 Å². The number of nitro benzene ring substituents is 1. The zero-order chi connectivity index (χ0) is 13.8. The molecule has 2 atom stereocenters. The maximum Gasteiger partial charge on any atom is 0.269 e. The number of anilines is 1. The zero-order valence-corrected chi connectivity index (χ0v) is 11.0. The Balaban J connectivity index is 2.06. The molecule has 1 aliphatic carbocycles. The Morgan fingerprint density at radius 3 is 2.68 bits per heavy atom. The van der Waals surface area contributed by atoms with Crippen molar-refractivity contribution in [2.75, 3.05) is 4.90 Å². The molecule has 1 aromatic rings. The Labute approximate surface area is 111 Å². The van der Waals surface area contributed by atoms with Crippen LogP contribution in [-0.2, 0) is 11.2 Å². The first-order chi connectivity index (χ1) is 8.93. The summed E-state index contributed by atoms with van der Waals surface area (Å²) in [6.07, 6.45) is 2.03. The maximum atomic E-state index is 12.2. The van der Waals surface area contributed by atoms with Crippen LogP contribution >= 0.6 is 0 Å². The molecule has 1 saturated carbocycles. The minimum Gasteiger partial charge on any atom is -0.306 e. The number of hydrogen-bond donors (Lipinski definition) is 0. The van der Waals surface area contributed by atoms with Crippen LogP contribution in [0.2, 0.25) is 0 Å². The molecule has 2 unspecified atom stereocenters. The van der Waals surface area contributed by atoms with E-state index in [0.717, 1.165) is 17.7 Å². The van der Waals surface area contributed by atoms with E-state index in [4.69, 9.17) is 0 Å². The number of carbonyl (C=O) groups excluding carboxylic acids is 1. The van der Waals surface area contributed by atoms with Gasteiger partial charge < -0.3 is 4.90 Å². The first-order valence-corrected chi connectivity index (χ1v) is 6.54. The summed E-state index contributed by atoms with van der Waals surface area (Å²) in [6.45, 7) is 4.22. The molecule has 1 amide bonds. The van der Waals surface area contributed by atoms with Gasteiger partial charge in [-0.1, -0.05) is 6.92 Å². The molecule has 19 heavy (non-hydrogen) atoms. The number of fused-ring (bicyclic) bond motifs is 1. The van der Waals surface area contributed by atoms with Crippen LogP contribution in [0, 0.1) is 16.0 Å². The van der Waals surface area contributed by atoms with Gasteiger partial charge in [0.1, 0.15) is 0 Å². The van der Waals surface area contributed by atoms with Crippen LogP contribution in [-0.4, -0.2) is 16.4 Å². The molecular formula is C14H16N2O3. The first-order valence-electron chi connectivity index (χ1n) is 6.54. The second-order valence-electron chi connectivity index (χ2n) is 5.76. The minimum absolute atomic E-state index is 0.0991. The van der Waals surface area contributed by atoms with Gasteiger partial charge in [0, 0.05) is 29.8 Å². The maximum absolute atomic E-state index is 12.2. The van der Waals surface area contributed by atoms with E-state index in [1.165, 1.54) is 6.07 Å². The van der Waals surface area contributed by atoms with E-state index in [9.17, 15) is 14.9 Å². The van der Waals surface area contributed by atoms with Crippen molar-refractivity contribution in [3.63, 3.8) is 0 Å². The molecule has 5 nitrogen and oxygen atoms in total. The van der Waals surface area contributed by atoms with Crippen LogP contribution in [0.25, 0.3) is 0 Å². The summed E-state index contributed by atoms with van der Waals surface area (Å²) in [5, 5.41) is 10.8. The lowest BCUT2D eigenvalue weighted by molar-refractivity contribution is -0.384. The topological polar surface area (TPSA) is 63.5 Å². The first kappa shape index (κ1) is 12.1. The van der Waals surface area contributed by atoms with Crippen LogP contribution < -0.4 is 4.90 Å². The van der Waals surface area contributed by atoms with E-state index in [-0.39, 0.29) is 22.1 Å². The molecule has 1 heterocycles. The molecule has 0 radical (unpaired) electrons. The Bertz CT molecular complexity index is 584. The number of hydrogen-bond acceptors (Lipinski definition) is 3. The highest BCUT2D eigenvalue weighted by Crippen LogP contribution is 2.51. The predicted octanol–water partition coefficient (Wildman–Crippen LogP) is 2.67. The van der Waals surface area contributed by atoms with Crippen LogP contribution in [0.15, 0.2) is 18.2 Å². The summed E-state index contributed by atoms with van der Waals surface area (Å²) in [5.41, 5.74) is 1.76. The summed E-state index contributed by atoms with van der Waals surface area (Å²) < 4.78 is 0. The Morgan fingerprint density at radius 2 is 2.11 bits per heavy atom. The van der Waals surface area contributed by atoms with Crippen molar-refractivity contribution in [2.45, 2.75) is 38.6 Å². The third-order valence-corrected chi connectivity index (χ3v) is 4.50. The fraction of sp³-hybridized carbons (Fsp3) is 0.500. The molecule has 3 rings (SSSR count). The number of aryl methyl sites for hydroxylation is 1. The average molecular weight is 260 g/mol. The normalized spacial score (nSPS) is 29.1. The summed E-state index contributed by atoms with van der Waals surface area (Å²) in [4.78, 5) is 24.5. The second-order valence-corrected chi connectivity index (χ2v) is 5.76. The molecule has 0 N–H and O–H groups in total. The van der Waals surface area contributed by atoms with Gasteiger partial charge in [-0.25, -0.2) is 0 Å². The fourth-order valence-electron chi connectivity index (χ4n) is 3.02. The summed E-state index contributed by atoms with van der Waals surface area (Å²) >= 11 is 0. The summed E-state index contributed by atoms with van der Waals surface area (Å²) in [7, 11) is 0. The van der Waals surface area contributed by atoms with E-state index >= 15 is 0 Å². The Morgan fingerprint density at radius 1 is 1.42 bits per heavy atom. The van der Waals surface area contributed by atoms with Crippen molar-refractivity contribution >= 4 is 17.3 Å². The lowest BCUT2D eigenvalue weighted by Crippen LogP contribution is -2.44. The van der Waals surface area contributed by atoms with E-state index in [2.05, 4.69) is 13.8 Å². The summed E-state index contributed by atoms with van der Waals surface area (Å²) in [6, 6.07) is 4.81. The van der Waals surface area contributed by atoms with E-state index in [1.54, 1.807) is 12.1 Å². The number of nitro groups is 1. The highest BCUT2D eigenvalue weighted by molar-refractivity contribution is 5.98. The lowest BCUT2D eigenvalue weighted by atomic mass is 9.98. The number of nitrogens with zero attached hydrogens (tertiary/aromatic N) is 2. The van der Waals surface area contributed by atoms with Gasteiger partial charge in [-0.2, -0.15) is 0 Å². The molecule has 2 aliphatic rings. The molecule has 0 bridgehead atoms. The smallest absolute Gasteiger partial charge is 0.269 e. The van der Waals surface area contributed by atoms with E-state index in [0.29, 0.717) is 18.8 Å². The molecule has 1 aromatic carbocycles. The third kappa shape index (κ3) is 1.72. The summed E-state index contributed by atoms with van der Waals surface area (Å²) in [5.74, 6) is 0.616. The van der Waals surface area contributed by atoms with Crippen molar-refractivity contribution in [1.29, 1.82) is 0 Å². The van der Waals surface area contributed by atoms with Gasteiger partial charge in [-0.05, 0) is 37.3 Å². The molecule has 0 spiro atoms. The number of carbonyl (C=O) groups is 1. The van der Waals surface area contributed by atoms with Gasteiger partial charge >= 0.3 is 0 Å². The van der Waals surface area contributed by atoms with Crippen molar-refractivity contribution in [3.05, 3.63) is 33.9 Å². The lowest BCUT2D eigenvalue weighted by Gasteiger charge is -2.35. The van der Waals surface area contributed by atoms with Crippen molar-refractivity contribution in [1.82, 2.24) is 0 Å². The second kappa shape index (κ2) is 3.79. The number of amides is 1. The largest absolute Gasteiger partial charge is 0.306 e. The van der Waals surface area contributed by atoms with Gasteiger partial charge in [-0.3, -0.25) is 14.9 Å². The minimum atomic E-state index is -0.386. The standard InChI is InChI=1S/C14H16N2O3/c1-9-8-14(9,2)15-12-5-4-11(16(18)19)7-10(12)3-6-13(15)17/h4-5,7,9H,3,6,8H2,1-2H3. The quantitative estimate of drug-likeness (QED) is 0.606. The van der Waals surface area contributed by atoms with E-state index in [1.807, 2.05) is 4.90 Å². The Hall–Kier alpha value is -1.91. The molecule has 1 aliphatic heterocycles. The molecule has 1 fully saturated rings. The average Bonchev–Trinajstić information content (AvgIpc) is 2.96. The zero-order valence-electron chi connectivity index (χ0n) is 11.0. The van der Waals surface area contributed by atoms with Crippen molar-refractivity contribution in [3.8, 4) is 0 Å². The molecule has 0 saturated heterocycles. The van der Waals surface area contributed by atoms with Crippen LogP contribution in [0.4, 0.5) is 11.4 Å². The number of benzene rings is 1. The van der Waals surface area contributed by atoms with Crippen LogP contribution in [0.1, 0.15) is 32.3 Å². The molecule has 0 aromatic heterocycles.